The minimum atomic E-state index is -3.87. The first-order valence-electron chi connectivity index (χ1n) is 12.2. The molecular formula is C28H31Cl2N3O5S. The van der Waals surface area contributed by atoms with Gasteiger partial charge >= 0.3 is 0 Å². The molecule has 0 aliphatic carbocycles. The van der Waals surface area contributed by atoms with Gasteiger partial charge in [0.1, 0.15) is 18.3 Å². The Labute approximate surface area is 239 Å². The van der Waals surface area contributed by atoms with Gasteiger partial charge in [0.05, 0.1) is 18.6 Å². The molecule has 0 fully saturated rings. The standard InChI is InChI=1S/C28H31Cl2N3O5S/c1-4-38-24-14-12-23(13-15-24)33(39(3,36)37)19-27(34)32(18-21-10-11-22(29)17-25(21)30)26(28(35)31-2)16-20-8-6-5-7-9-20/h5-15,17,26H,4,16,18-19H2,1-3H3,(H,31,35). The molecule has 39 heavy (non-hydrogen) atoms. The highest BCUT2D eigenvalue weighted by molar-refractivity contribution is 7.92. The van der Waals surface area contributed by atoms with E-state index in [1.165, 1.54) is 11.9 Å². The Hall–Kier alpha value is -3.27. The summed E-state index contributed by atoms with van der Waals surface area (Å²) in [5.74, 6) is -0.406. The number of hydrogen-bond acceptors (Lipinski definition) is 5. The molecule has 2 amide bonds. The van der Waals surface area contributed by atoms with Crippen LogP contribution in [0.2, 0.25) is 10.0 Å². The SMILES string of the molecule is CCOc1ccc(N(CC(=O)N(Cc2ccc(Cl)cc2Cl)C(Cc2ccccc2)C(=O)NC)S(C)(=O)=O)cc1. The smallest absolute Gasteiger partial charge is 0.244 e. The molecule has 3 aromatic rings. The van der Waals surface area contributed by atoms with Crippen LogP contribution in [-0.4, -0.2) is 57.6 Å². The lowest BCUT2D eigenvalue weighted by Crippen LogP contribution is -2.52. The maximum Gasteiger partial charge on any atom is 0.244 e. The van der Waals surface area contributed by atoms with Crippen LogP contribution in [-0.2, 0) is 32.6 Å². The monoisotopic (exact) mass is 591 g/mol. The zero-order valence-corrected chi connectivity index (χ0v) is 24.3. The Morgan fingerprint density at radius 3 is 2.23 bits per heavy atom. The van der Waals surface area contributed by atoms with Gasteiger partial charge in [0.15, 0.2) is 0 Å². The number of amides is 2. The summed E-state index contributed by atoms with van der Waals surface area (Å²) in [6.07, 6.45) is 1.23. The number of nitrogens with one attached hydrogen (secondary N) is 1. The number of halogens is 2. The number of hydrogen-bond donors (Lipinski definition) is 1. The number of ether oxygens (including phenoxy) is 1. The number of sulfonamides is 1. The summed E-state index contributed by atoms with van der Waals surface area (Å²) in [5.41, 5.74) is 1.68. The van der Waals surface area contributed by atoms with E-state index in [2.05, 4.69) is 5.32 Å². The van der Waals surface area contributed by atoms with Crippen molar-refractivity contribution in [1.29, 1.82) is 0 Å². The Bertz CT molecular complexity index is 1390. The van der Waals surface area contributed by atoms with E-state index in [0.29, 0.717) is 33.7 Å². The van der Waals surface area contributed by atoms with Crippen LogP contribution in [0.1, 0.15) is 18.1 Å². The zero-order valence-electron chi connectivity index (χ0n) is 21.9. The van der Waals surface area contributed by atoms with Crippen molar-refractivity contribution < 1.29 is 22.7 Å². The molecule has 3 aromatic carbocycles. The molecule has 1 N–H and O–H groups in total. The fourth-order valence-corrected chi connectivity index (χ4v) is 5.36. The summed E-state index contributed by atoms with van der Waals surface area (Å²) >= 11 is 12.5. The zero-order chi connectivity index (χ0) is 28.6. The van der Waals surface area contributed by atoms with Gasteiger partial charge in [0.25, 0.3) is 0 Å². The van der Waals surface area contributed by atoms with Crippen LogP contribution in [0.5, 0.6) is 5.75 Å². The molecule has 1 unspecified atom stereocenters. The van der Waals surface area contributed by atoms with Gasteiger partial charge in [-0.3, -0.25) is 13.9 Å². The van der Waals surface area contributed by atoms with E-state index in [9.17, 15) is 18.0 Å². The molecule has 3 rings (SSSR count). The quantitative estimate of drug-likeness (QED) is 0.333. The fourth-order valence-electron chi connectivity index (χ4n) is 4.04. The highest BCUT2D eigenvalue weighted by Gasteiger charge is 2.33. The third kappa shape index (κ3) is 8.36. The first-order chi connectivity index (χ1) is 18.5. The van der Waals surface area contributed by atoms with Crippen LogP contribution in [0.15, 0.2) is 72.8 Å². The third-order valence-electron chi connectivity index (χ3n) is 5.99. The Kier molecular flexibility index (Phi) is 10.6. The average Bonchev–Trinajstić information content (AvgIpc) is 2.90. The second kappa shape index (κ2) is 13.7. The summed E-state index contributed by atoms with van der Waals surface area (Å²) in [6.45, 7) is 1.73. The number of rotatable bonds is 12. The summed E-state index contributed by atoms with van der Waals surface area (Å²) in [4.78, 5) is 28.4. The van der Waals surface area contributed by atoms with Crippen molar-refractivity contribution in [3.63, 3.8) is 0 Å². The lowest BCUT2D eigenvalue weighted by atomic mass is 10.0. The van der Waals surface area contributed by atoms with Crippen molar-refractivity contribution >= 4 is 50.7 Å². The number of nitrogens with zero attached hydrogens (tertiary/aromatic N) is 2. The molecule has 0 spiro atoms. The van der Waals surface area contributed by atoms with Crippen LogP contribution in [0.3, 0.4) is 0 Å². The van der Waals surface area contributed by atoms with Crippen molar-refractivity contribution in [3.05, 3.63) is 94.0 Å². The van der Waals surface area contributed by atoms with Crippen molar-refractivity contribution in [1.82, 2.24) is 10.2 Å². The van der Waals surface area contributed by atoms with Gasteiger partial charge in [-0.05, 0) is 54.4 Å². The number of carbonyl (C=O) groups excluding carboxylic acids is 2. The second-order valence-electron chi connectivity index (χ2n) is 8.77. The largest absolute Gasteiger partial charge is 0.494 e. The average molecular weight is 593 g/mol. The molecule has 208 valence electrons. The molecular weight excluding hydrogens is 561 g/mol. The van der Waals surface area contributed by atoms with Gasteiger partial charge in [-0.15, -0.1) is 0 Å². The van der Waals surface area contributed by atoms with Crippen LogP contribution >= 0.6 is 23.2 Å². The van der Waals surface area contributed by atoms with Crippen LogP contribution in [0.25, 0.3) is 0 Å². The van der Waals surface area contributed by atoms with Crippen LogP contribution in [0.4, 0.5) is 5.69 Å². The predicted molar refractivity (Wildman–Crippen MR) is 155 cm³/mol. The molecule has 0 saturated heterocycles. The predicted octanol–water partition coefficient (Wildman–Crippen LogP) is 4.54. The van der Waals surface area contributed by atoms with E-state index in [0.717, 1.165) is 16.1 Å². The summed E-state index contributed by atoms with van der Waals surface area (Å²) in [5, 5.41) is 3.38. The van der Waals surface area contributed by atoms with Gasteiger partial charge in [-0.2, -0.15) is 0 Å². The Morgan fingerprint density at radius 2 is 1.67 bits per heavy atom. The summed E-state index contributed by atoms with van der Waals surface area (Å²) < 4.78 is 32.1. The van der Waals surface area contributed by atoms with Gasteiger partial charge < -0.3 is 15.0 Å². The van der Waals surface area contributed by atoms with E-state index >= 15 is 0 Å². The molecule has 0 aliphatic rings. The maximum absolute atomic E-state index is 13.9. The molecule has 0 bridgehead atoms. The lowest BCUT2D eigenvalue weighted by Gasteiger charge is -2.33. The Balaban J connectivity index is 2.02. The van der Waals surface area contributed by atoms with Gasteiger partial charge in [0.2, 0.25) is 21.8 Å². The highest BCUT2D eigenvalue weighted by atomic mass is 35.5. The number of carbonyl (C=O) groups is 2. The first kappa shape index (κ1) is 30.3. The normalized spacial score (nSPS) is 11.9. The lowest BCUT2D eigenvalue weighted by molar-refractivity contribution is -0.139. The van der Waals surface area contributed by atoms with E-state index in [1.807, 2.05) is 37.3 Å². The first-order valence-corrected chi connectivity index (χ1v) is 14.8. The van der Waals surface area contributed by atoms with E-state index in [4.69, 9.17) is 27.9 Å². The molecule has 0 aromatic heterocycles. The topological polar surface area (TPSA) is 96.0 Å². The number of anilines is 1. The summed E-state index contributed by atoms with van der Waals surface area (Å²) in [6, 6.07) is 19.6. The molecule has 0 aliphatic heterocycles. The van der Waals surface area contributed by atoms with Crippen molar-refractivity contribution in [2.24, 2.45) is 0 Å². The van der Waals surface area contributed by atoms with Crippen molar-refractivity contribution in [2.45, 2.75) is 25.9 Å². The number of likely N-dealkylation sites (N-methyl/N-ethyl adjacent to an activating group) is 1. The molecule has 8 nitrogen and oxygen atoms in total. The molecule has 0 radical (unpaired) electrons. The molecule has 11 heteroatoms. The Morgan fingerprint density at radius 1 is 1.00 bits per heavy atom. The number of benzene rings is 3. The minimum Gasteiger partial charge on any atom is -0.494 e. The molecule has 0 saturated carbocycles. The van der Waals surface area contributed by atoms with Crippen molar-refractivity contribution in [2.75, 3.05) is 30.8 Å². The summed E-state index contributed by atoms with van der Waals surface area (Å²) in [7, 11) is -2.38. The van der Waals surface area contributed by atoms with E-state index in [1.54, 1.807) is 42.5 Å². The molecule has 1 atom stereocenters. The fraction of sp³-hybridized carbons (Fsp3) is 0.286. The van der Waals surface area contributed by atoms with Gasteiger partial charge in [-0.1, -0.05) is 59.6 Å². The molecule has 0 heterocycles. The van der Waals surface area contributed by atoms with Crippen molar-refractivity contribution in [3.8, 4) is 5.75 Å². The third-order valence-corrected chi connectivity index (χ3v) is 7.72. The van der Waals surface area contributed by atoms with E-state index < -0.39 is 34.4 Å². The van der Waals surface area contributed by atoms with Crippen LogP contribution < -0.4 is 14.4 Å². The van der Waals surface area contributed by atoms with E-state index in [-0.39, 0.29) is 13.0 Å². The second-order valence-corrected chi connectivity index (χ2v) is 11.5. The maximum atomic E-state index is 13.9. The highest BCUT2D eigenvalue weighted by Crippen LogP contribution is 2.26. The van der Waals surface area contributed by atoms with Crippen LogP contribution in [0, 0.1) is 0 Å². The minimum absolute atomic E-state index is 0.0410. The van der Waals surface area contributed by atoms with Gasteiger partial charge in [-0.25, -0.2) is 8.42 Å². The van der Waals surface area contributed by atoms with Gasteiger partial charge in [0, 0.05) is 30.1 Å².